The number of hydrogen-bond acceptors (Lipinski definition) is 2. The van der Waals surface area contributed by atoms with Crippen LogP contribution >= 0.6 is 0 Å². The number of allylic oxidation sites excluding steroid dienone is 6. The summed E-state index contributed by atoms with van der Waals surface area (Å²) in [5, 5.41) is 3.70. The van der Waals surface area contributed by atoms with Gasteiger partial charge >= 0.3 is 0 Å². The Hall–Kier alpha value is -3.52. The maximum Gasteiger partial charge on any atom is 0.0647 e. The average Bonchev–Trinajstić information content (AvgIpc) is 2.81. The Balaban J connectivity index is 1.91. The third kappa shape index (κ3) is 4.66. The van der Waals surface area contributed by atoms with E-state index in [2.05, 4.69) is 146 Å². The molecule has 0 fully saturated rings. The lowest BCUT2D eigenvalue weighted by Crippen LogP contribution is -2.26. The van der Waals surface area contributed by atoms with Crippen molar-refractivity contribution in [2.24, 2.45) is 0 Å². The molecule has 190 valence electrons. The first kappa shape index (κ1) is 25.1. The van der Waals surface area contributed by atoms with Crippen molar-refractivity contribution in [2.75, 3.05) is 7.05 Å². The molecule has 0 amide bonds. The average molecular weight is 489 g/mol. The summed E-state index contributed by atoms with van der Waals surface area (Å²) in [4.78, 5) is 2.28. The molecule has 2 nitrogen and oxygen atoms in total. The van der Waals surface area contributed by atoms with Crippen molar-refractivity contribution < 1.29 is 0 Å². The van der Waals surface area contributed by atoms with Crippen molar-refractivity contribution in [2.45, 2.75) is 66.2 Å². The number of dihydropyridines is 1. The molecule has 0 aliphatic carbocycles. The predicted octanol–water partition coefficient (Wildman–Crippen LogP) is 8.69. The monoisotopic (exact) mass is 488 g/mol. The van der Waals surface area contributed by atoms with Crippen molar-refractivity contribution in [3.05, 3.63) is 117 Å². The zero-order valence-corrected chi connectivity index (χ0v) is 23.9. The highest BCUT2D eigenvalue weighted by Crippen LogP contribution is 2.40. The highest BCUT2D eigenvalue weighted by Gasteiger charge is 2.24. The van der Waals surface area contributed by atoms with Crippen molar-refractivity contribution in [3.63, 3.8) is 0 Å². The Morgan fingerprint density at radius 1 is 0.676 bits per heavy atom. The number of fused-ring (bicyclic) bond motifs is 10. The van der Waals surface area contributed by atoms with Crippen molar-refractivity contribution >= 4 is 12.2 Å². The van der Waals surface area contributed by atoms with Gasteiger partial charge in [0.05, 0.1) is 11.4 Å². The van der Waals surface area contributed by atoms with Crippen LogP contribution in [0.25, 0.3) is 23.3 Å². The van der Waals surface area contributed by atoms with Gasteiger partial charge in [0, 0.05) is 18.4 Å². The van der Waals surface area contributed by atoms with Crippen LogP contribution < -0.4 is 5.32 Å². The van der Waals surface area contributed by atoms with E-state index in [1.165, 1.54) is 50.2 Å². The third-order valence-corrected chi connectivity index (χ3v) is 7.90. The number of likely N-dealkylation sites (N-methyl/N-ethyl adjacent to an activating group) is 1. The summed E-state index contributed by atoms with van der Waals surface area (Å²) in [7, 11) is 2.16. The predicted molar refractivity (Wildman–Crippen MR) is 160 cm³/mol. The molecule has 2 heteroatoms. The third-order valence-electron chi connectivity index (χ3n) is 7.90. The van der Waals surface area contributed by atoms with Crippen LogP contribution in [0.1, 0.15) is 74.9 Å². The van der Waals surface area contributed by atoms with Crippen LogP contribution in [0.4, 0.5) is 0 Å². The Bertz CT molecular complexity index is 1470. The molecule has 37 heavy (non-hydrogen) atoms. The van der Waals surface area contributed by atoms with E-state index in [1.807, 2.05) is 0 Å². The summed E-state index contributed by atoms with van der Waals surface area (Å²) in [5.74, 6) is 0. The van der Waals surface area contributed by atoms with E-state index in [-0.39, 0.29) is 10.8 Å². The molecule has 0 atom stereocenters. The van der Waals surface area contributed by atoms with Gasteiger partial charge in [-0.05, 0) is 106 Å². The first-order valence-corrected chi connectivity index (χ1v) is 13.3. The number of nitrogens with zero attached hydrogens (tertiary/aromatic N) is 1. The summed E-state index contributed by atoms with van der Waals surface area (Å²) in [6.45, 7) is 18.4. The van der Waals surface area contributed by atoms with Gasteiger partial charge in [0.2, 0.25) is 0 Å². The molecule has 0 unspecified atom stereocenters. The fourth-order valence-corrected chi connectivity index (χ4v) is 5.26. The lowest BCUT2D eigenvalue weighted by molar-refractivity contribution is 0.536. The standard InChI is InChI=1S/C35H40N2/c1-22-24-16-26(34(3,4)5)20-30(22)31-21-27(35(6,7)8)17-25(23(31)2)19-29-13-11-15-33(37(29)9)32-14-10-12-28(18-24)36-32/h10-21,36H,1-9H3. The maximum absolute atomic E-state index is 3.70. The highest BCUT2D eigenvalue weighted by molar-refractivity contribution is 5.81. The number of rotatable bonds is 0. The first-order chi connectivity index (χ1) is 17.3. The lowest BCUT2D eigenvalue weighted by Gasteiger charge is -2.31. The second kappa shape index (κ2) is 8.80. The van der Waals surface area contributed by atoms with Gasteiger partial charge in [-0.1, -0.05) is 78.0 Å². The lowest BCUT2D eigenvalue weighted by atomic mass is 9.78. The largest absolute Gasteiger partial charge is 0.354 e. The van der Waals surface area contributed by atoms with Crippen LogP contribution in [0.5, 0.6) is 0 Å². The van der Waals surface area contributed by atoms with Crippen molar-refractivity contribution in [3.8, 4) is 11.1 Å². The van der Waals surface area contributed by atoms with Crippen molar-refractivity contribution in [1.82, 2.24) is 10.2 Å². The zero-order valence-electron chi connectivity index (χ0n) is 23.9. The smallest absolute Gasteiger partial charge is 0.0647 e. The molecule has 0 saturated carbocycles. The molecule has 0 spiro atoms. The summed E-state index contributed by atoms with van der Waals surface area (Å²) in [6, 6.07) is 9.63. The Morgan fingerprint density at radius 2 is 1.22 bits per heavy atom. The van der Waals surface area contributed by atoms with Gasteiger partial charge in [0.1, 0.15) is 0 Å². The van der Waals surface area contributed by atoms with Gasteiger partial charge < -0.3 is 10.2 Å². The summed E-state index contributed by atoms with van der Waals surface area (Å²) >= 11 is 0. The summed E-state index contributed by atoms with van der Waals surface area (Å²) < 4.78 is 0. The van der Waals surface area contributed by atoms with E-state index in [0.29, 0.717) is 0 Å². The molecule has 8 bridgehead atoms. The number of hydrogen-bond donors (Lipinski definition) is 1. The van der Waals surface area contributed by atoms with E-state index < -0.39 is 0 Å². The van der Waals surface area contributed by atoms with Crippen LogP contribution in [-0.2, 0) is 10.8 Å². The molecule has 5 rings (SSSR count). The second-order valence-corrected chi connectivity index (χ2v) is 12.7. The topological polar surface area (TPSA) is 15.3 Å². The van der Waals surface area contributed by atoms with Crippen LogP contribution in [0.2, 0.25) is 0 Å². The zero-order chi connectivity index (χ0) is 26.7. The van der Waals surface area contributed by atoms with E-state index in [9.17, 15) is 0 Å². The molecule has 2 aromatic rings. The van der Waals surface area contributed by atoms with Crippen LogP contribution in [0, 0.1) is 13.8 Å². The molecule has 3 aliphatic rings. The summed E-state index contributed by atoms with van der Waals surface area (Å²) in [5.41, 5.74) is 15.1. The van der Waals surface area contributed by atoms with Gasteiger partial charge in [-0.3, -0.25) is 0 Å². The van der Waals surface area contributed by atoms with Gasteiger partial charge in [-0.25, -0.2) is 0 Å². The van der Waals surface area contributed by atoms with Crippen LogP contribution in [-0.4, -0.2) is 11.9 Å². The molecule has 3 aliphatic heterocycles. The second-order valence-electron chi connectivity index (χ2n) is 12.7. The normalized spacial score (nSPS) is 16.8. The van der Waals surface area contributed by atoms with E-state index in [4.69, 9.17) is 0 Å². The molecule has 0 radical (unpaired) electrons. The van der Waals surface area contributed by atoms with E-state index in [0.717, 1.165) is 17.1 Å². The van der Waals surface area contributed by atoms with Gasteiger partial charge in [-0.15, -0.1) is 0 Å². The quantitative estimate of drug-likeness (QED) is 0.399. The minimum atomic E-state index is 0.0391. The van der Waals surface area contributed by atoms with Crippen LogP contribution in [0.3, 0.4) is 0 Å². The molecule has 3 heterocycles. The van der Waals surface area contributed by atoms with E-state index >= 15 is 0 Å². The minimum absolute atomic E-state index is 0.0391. The molecular formula is C35H40N2. The number of nitrogens with one attached hydrogen (secondary N) is 1. The fourth-order valence-electron chi connectivity index (χ4n) is 5.26. The van der Waals surface area contributed by atoms with Crippen molar-refractivity contribution in [1.29, 1.82) is 0 Å². The SMILES string of the molecule is Cc1c2cc(C(C)(C)C)cc1-c1cc(C(C)(C)C)cc(c1C)C=C1C=CC=C(C3=CC=CC(=C2)N3)N1C. The fraction of sp³-hybridized carbons (Fsp3) is 0.314. The minimum Gasteiger partial charge on any atom is -0.354 e. The first-order valence-electron chi connectivity index (χ1n) is 13.3. The van der Waals surface area contributed by atoms with Crippen LogP contribution in [0.15, 0.2) is 83.5 Å². The molecule has 1 N–H and O–H groups in total. The Labute approximate surface area is 223 Å². The molecule has 0 aromatic heterocycles. The number of benzene rings is 2. The van der Waals surface area contributed by atoms with Gasteiger partial charge in [0.15, 0.2) is 0 Å². The molecule has 0 saturated heterocycles. The van der Waals surface area contributed by atoms with E-state index in [1.54, 1.807) is 0 Å². The maximum atomic E-state index is 3.70. The molecular weight excluding hydrogens is 448 g/mol. The highest BCUT2D eigenvalue weighted by atomic mass is 15.1. The summed E-state index contributed by atoms with van der Waals surface area (Å²) in [6.07, 6.45) is 17.7. The van der Waals surface area contributed by atoms with Gasteiger partial charge in [0.25, 0.3) is 0 Å². The molecule has 2 aromatic carbocycles. The van der Waals surface area contributed by atoms with Gasteiger partial charge in [-0.2, -0.15) is 0 Å². The Kier molecular flexibility index (Phi) is 5.98. The Morgan fingerprint density at radius 3 is 1.78 bits per heavy atom.